The molecule has 3 heterocycles. The molecule has 12 N–H and O–H groups in total. The summed E-state index contributed by atoms with van der Waals surface area (Å²) in [6.07, 6.45) is 50.9. The minimum Gasteiger partial charge on any atom is -0.394 e. The summed E-state index contributed by atoms with van der Waals surface area (Å²) < 4.78 is 34.5. The first-order valence-corrected chi connectivity index (χ1v) is 42.9. The van der Waals surface area contributed by atoms with Crippen molar-refractivity contribution in [3.05, 3.63) is 12.2 Å². The standard InChI is InChI=1S/C83H159NO18/c1-3-5-7-9-11-13-15-17-19-21-23-25-26-27-28-29-30-31-32-33-34-35-36-37-38-39-40-41-43-45-47-49-51-53-55-57-59-61-71(89)84-66(67(88)60-58-56-54-52-50-48-46-44-42-24-22-20-18-16-14-12-10-8-6-4-2)65-97-81-77(95)74(92)79(69(63-86)99-81)102-83-78(96)75(93)80(70(64-87)100-83)101-82-76(94)73(91)72(90)68(62-85)98-82/h58,60,66-70,72-83,85-88,90-96H,3-57,59,61-65H2,1-2H3,(H,84,89)/b60-58+. The minimum absolute atomic E-state index is 0.250. The Balaban J connectivity index is 1.31. The average Bonchev–Trinajstić information content (AvgIpc) is 0.773. The van der Waals surface area contributed by atoms with Crippen LogP contribution in [0.15, 0.2) is 12.2 Å². The highest BCUT2D eigenvalue weighted by molar-refractivity contribution is 5.76. The van der Waals surface area contributed by atoms with Crippen molar-refractivity contribution < 1.29 is 89.4 Å². The average molecular weight is 1460 g/mol. The third-order valence-electron chi connectivity index (χ3n) is 21.8. The third-order valence-corrected chi connectivity index (χ3v) is 21.8. The molecule has 0 bridgehead atoms. The Morgan fingerprint density at radius 2 is 0.608 bits per heavy atom. The molecular formula is C83H159NO18. The number of carbonyl (C=O) groups excluding carboxylic acids is 1. The van der Waals surface area contributed by atoms with E-state index in [1.165, 1.54) is 308 Å². The van der Waals surface area contributed by atoms with E-state index in [2.05, 4.69) is 19.2 Å². The lowest BCUT2D eigenvalue weighted by molar-refractivity contribution is -0.379. The van der Waals surface area contributed by atoms with E-state index in [-0.39, 0.29) is 18.9 Å². The van der Waals surface area contributed by atoms with Gasteiger partial charge >= 0.3 is 0 Å². The highest BCUT2D eigenvalue weighted by Gasteiger charge is 2.54. The first-order valence-electron chi connectivity index (χ1n) is 42.9. The summed E-state index contributed by atoms with van der Waals surface area (Å²) in [5.74, 6) is -0.266. The van der Waals surface area contributed by atoms with Gasteiger partial charge in [-0.15, -0.1) is 0 Å². The van der Waals surface area contributed by atoms with E-state index in [1.54, 1.807) is 6.08 Å². The Bertz CT molecular complexity index is 1890. The lowest BCUT2D eigenvalue weighted by Crippen LogP contribution is -2.66. The summed E-state index contributed by atoms with van der Waals surface area (Å²) in [5, 5.41) is 121. The molecule has 0 aromatic heterocycles. The largest absolute Gasteiger partial charge is 0.394 e. The first kappa shape index (κ1) is 94.7. The maximum absolute atomic E-state index is 13.5. The minimum atomic E-state index is -1.98. The van der Waals surface area contributed by atoms with Gasteiger partial charge in [0.25, 0.3) is 0 Å². The molecule has 19 nitrogen and oxygen atoms in total. The molecule has 17 unspecified atom stereocenters. The van der Waals surface area contributed by atoms with Gasteiger partial charge in [-0.3, -0.25) is 4.79 Å². The van der Waals surface area contributed by atoms with E-state index in [0.29, 0.717) is 6.42 Å². The molecule has 19 heteroatoms. The fourth-order valence-corrected chi connectivity index (χ4v) is 15.0. The maximum atomic E-state index is 13.5. The summed E-state index contributed by atoms with van der Waals surface area (Å²) in [6.45, 7) is 1.81. The SMILES string of the molecule is CCCCCCCCCCCCCCCCCCCC/C=C/C(O)C(COC1OC(CO)C(OC2OC(CO)C(OC3OC(CO)C(O)C(O)C3O)C(O)C2O)C(O)C1O)NC(=O)CCCCCCCCCCCCCCCCCCCCCCCCCCCCCCCCCCCCCCC. The number of hydrogen-bond acceptors (Lipinski definition) is 18. The lowest BCUT2D eigenvalue weighted by Gasteiger charge is -2.48. The van der Waals surface area contributed by atoms with Crippen LogP contribution in [0.4, 0.5) is 0 Å². The van der Waals surface area contributed by atoms with Crippen LogP contribution in [0, 0.1) is 0 Å². The van der Waals surface area contributed by atoms with E-state index in [9.17, 15) is 61.0 Å². The number of aliphatic hydroxyl groups is 11. The predicted octanol–water partition coefficient (Wildman–Crippen LogP) is 15.1. The highest BCUT2D eigenvalue weighted by Crippen LogP contribution is 2.34. The number of unbranched alkanes of at least 4 members (excludes halogenated alkanes) is 54. The Kier molecular flexibility index (Phi) is 59.8. The number of hydrogen-bond donors (Lipinski definition) is 12. The zero-order chi connectivity index (χ0) is 73.9. The van der Waals surface area contributed by atoms with Crippen molar-refractivity contribution in [3.8, 4) is 0 Å². The molecule has 102 heavy (non-hydrogen) atoms. The van der Waals surface area contributed by atoms with E-state index in [1.807, 2.05) is 6.08 Å². The zero-order valence-corrected chi connectivity index (χ0v) is 64.9. The fourth-order valence-electron chi connectivity index (χ4n) is 15.0. The molecule has 3 rings (SSSR count). The van der Waals surface area contributed by atoms with Crippen LogP contribution in [0.25, 0.3) is 0 Å². The van der Waals surface area contributed by atoms with Crippen LogP contribution in [-0.2, 0) is 33.2 Å². The van der Waals surface area contributed by atoms with Gasteiger partial charge in [0, 0.05) is 6.42 Å². The van der Waals surface area contributed by atoms with Gasteiger partial charge in [0.15, 0.2) is 18.9 Å². The smallest absolute Gasteiger partial charge is 0.220 e. The number of nitrogens with one attached hydrogen (secondary N) is 1. The van der Waals surface area contributed by atoms with Crippen LogP contribution >= 0.6 is 0 Å². The van der Waals surface area contributed by atoms with Crippen molar-refractivity contribution in [1.29, 1.82) is 0 Å². The van der Waals surface area contributed by atoms with Gasteiger partial charge in [-0.25, -0.2) is 0 Å². The van der Waals surface area contributed by atoms with Crippen molar-refractivity contribution in [2.24, 2.45) is 0 Å². The van der Waals surface area contributed by atoms with Gasteiger partial charge in [0.05, 0.1) is 38.6 Å². The normalized spacial score (nSPS) is 26.1. The summed E-state index contributed by atoms with van der Waals surface area (Å²) in [4.78, 5) is 13.5. The van der Waals surface area contributed by atoms with Crippen LogP contribution in [-0.4, -0.2) is 193 Å². The van der Waals surface area contributed by atoms with Crippen molar-refractivity contribution in [3.63, 3.8) is 0 Å². The lowest BCUT2D eigenvalue weighted by atomic mass is 9.96. The Morgan fingerprint density at radius 1 is 0.343 bits per heavy atom. The molecule has 3 saturated heterocycles. The molecular weight excluding hydrogens is 1300 g/mol. The topological polar surface area (TPSA) is 307 Å². The molecule has 0 saturated carbocycles. The molecule has 0 radical (unpaired) electrons. The van der Waals surface area contributed by atoms with Gasteiger partial charge in [-0.2, -0.15) is 0 Å². The Labute approximate surface area is 620 Å². The quantitative estimate of drug-likeness (QED) is 0.0199. The van der Waals surface area contributed by atoms with Crippen LogP contribution in [0.1, 0.15) is 380 Å². The third kappa shape index (κ3) is 43.7. The van der Waals surface area contributed by atoms with Crippen molar-refractivity contribution in [2.45, 2.75) is 484 Å². The molecule has 3 aliphatic heterocycles. The molecule has 3 fully saturated rings. The van der Waals surface area contributed by atoms with Crippen LogP contribution < -0.4 is 5.32 Å². The van der Waals surface area contributed by atoms with Crippen molar-refractivity contribution >= 4 is 5.91 Å². The summed E-state index contributed by atoms with van der Waals surface area (Å²) in [6, 6.07) is -0.970. The monoisotopic (exact) mass is 1460 g/mol. The molecule has 604 valence electrons. The number of rotatable bonds is 70. The van der Waals surface area contributed by atoms with Gasteiger partial charge in [-0.05, 0) is 19.3 Å². The molecule has 0 aromatic carbocycles. The maximum Gasteiger partial charge on any atom is 0.220 e. The second-order valence-electron chi connectivity index (χ2n) is 31.0. The second-order valence-corrected chi connectivity index (χ2v) is 31.0. The number of ether oxygens (including phenoxy) is 6. The second kappa shape index (κ2) is 64.4. The van der Waals surface area contributed by atoms with Gasteiger partial charge in [0.2, 0.25) is 5.91 Å². The zero-order valence-electron chi connectivity index (χ0n) is 64.9. The predicted molar refractivity (Wildman–Crippen MR) is 407 cm³/mol. The van der Waals surface area contributed by atoms with Crippen LogP contribution in [0.2, 0.25) is 0 Å². The molecule has 0 aromatic rings. The van der Waals surface area contributed by atoms with Gasteiger partial charge in [0.1, 0.15) is 73.2 Å². The number of allylic oxidation sites excluding steroid dienone is 1. The highest BCUT2D eigenvalue weighted by atomic mass is 16.8. The molecule has 0 spiro atoms. The summed E-state index contributed by atoms with van der Waals surface area (Å²) in [7, 11) is 0. The molecule has 3 aliphatic rings. The van der Waals surface area contributed by atoms with Crippen LogP contribution in [0.5, 0.6) is 0 Å². The fraction of sp³-hybridized carbons (Fsp3) is 0.964. The van der Waals surface area contributed by atoms with E-state index >= 15 is 0 Å². The van der Waals surface area contributed by atoms with E-state index in [0.717, 1.165) is 44.9 Å². The number of carbonyl (C=O) groups is 1. The van der Waals surface area contributed by atoms with Gasteiger partial charge in [-0.1, -0.05) is 366 Å². The Morgan fingerprint density at radius 3 is 0.922 bits per heavy atom. The van der Waals surface area contributed by atoms with Crippen molar-refractivity contribution in [1.82, 2.24) is 5.32 Å². The van der Waals surface area contributed by atoms with E-state index in [4.69, 9.17) is 28.4 Å². The molecule has 1 amide bonds. The summed E-state index contributed by atoms with van der Waals surface area (Å²) >= 11 is 0. The molecule has 17 atom stereocenters. The molecule has 0 aliphatic carbocycles. The number of aliphatic hydroxyl groups excluding tert-OH is 11. The number of amides is 1. The van der Waals surface area contributed by atoms with Crippen molar-refractivity contribution in [2.75, 3.05) is 26.4 Å². The first-order chi connectivity index (χ1) is 49.8. The van der Waals surface area contributed by atoms with Gasteiger partial charge < -0.3 is 89.9 Å². The van der Waals surface area contributed by atoms with E-state index < -0.39 is 124 Å². The van der Waals surface area contributed by atoms with Crippen LogP contribution in [0.3, 0.4) is 0 Å². The Hall–Kier alpha value is -1.47. The summed E-state index contributed by atoms with van der Waals surface area (Å²) in [5.41, 5.74) is 0.